The molecule has 0 amide bonds. The van der Waals surface area contributed by atoms with Gasteiger partial charge in [0.2, 0.25) is 10.0 Å². The minimum atomic E-state index is -3.56. The number of nitrogens with one attached hydrogen (secondary N) is 1. The molecule has 3 nitrogen and oxygen atoms in total. The molecule has 0 saturated carbocycles. The maximum absolute atomic E-state index is 12.1. The van der Waals surface area contributed by atoms with Crippen LogP contribution >= 0.6 is 11.6 Å². The molecule has 1 aromatic rings. The first kappa shape index (κ1) is 14.2. The van der Waals surface area contributed by atoms with Crippen molar-refractivity contribution in [3.63, 3.8) is 0 Å². The Hall–Kier alpha value is -0.840. The van der Waals surface area contributed by atoms with Crippen LogP contribution in [-0.2, 0) is 10.0 Å². The number of benzene rings is 1. The monoisotopic (exact) mass is 273 g/mol. The maximum atomic E-state index is 12.1. The Morgan fingerprint density at radius 3 is 2.41 bits per heavy atom. The molecular formula is C12H16ClNO2S. The summed E-state index contributed by atoms with van der Waals surface area (Å²) in [6, 6.07) is 4.60. The fourth-order valence-corrected chi connectivity index (χ4v) is 3.18. The predicted octanol–water partition coefficient (Wildman–Crippen LogP) is 3.06. The molecule has 0 heterocycles. The zero-order chi connectivity index (χ0) is 13.3. The summed E-state index contributed by atoms with van der Waals surface area (Å²) < 4.78 is 26.9. The van der Waals surface area contributed by atoms with E-state index in [1.165, 1.54) is 12.1 Å². The van der Waals surface area contributed by atoms with Crippen LogP contribution in [-0.4, -0.2) is 14.0 Å². The highest BCUT2D eigenvalue weighted by molar-refractivity contribution is 7.89. The van der Waals surface area contributed by atoms with E-state index in [0.29, 0.717) is 10.6 Å². The molecule has 17 heavy (non-hydrogen) atoms. The summed E-state index contributed by atoms with van der Waals surface area (Å²) in [7, 11) is -3.56. The van der Waals surface area contributed by atoms with Crippen molar-refractivity contribution in [1.82, 2.24) is 4.72 Å². The average molecular weight is 274 g/mol. The Labute approximate surface area is 108 Å². The average Bonchev–Trinajstić information content (AvgIpc) is 2.13. The van der Waals surface area contributed by atoms with Gasteiger partial charge in [-0.15, -0.1) is 0 Å². The minimum absolute atomic E-state index is 0.187. The zero-order valence-corrected chi connectivity index (χ0v) is 11.7. The first-order chi connectivity index (χ1) is 7.65. The highest BCUT2D eigenvalue weighted by Crippen LogP contribution is 2.22. The van der Waals surface area contributed by atoms with Crippen molar-refractivity contribution < 1.29 is 8.42 Å². The number of halogens is 1. The Morgan fingerprint density at radius 2 is 1.94 bits per heavy atom. The fraction of sp³-hybridized carbons (Fsp3) is 0.333. The molecule has 5 heteroatoms. The second-order valence-electron chi connectivity index (χ2n) is 4.74. The van der Waals surface area contributed by atoms with Crippen LogP contribution < -0.4 is 4.72 Å². The molecule has 1 aromatic carbocycles. The van der Waals surface area contributed by atoms with E-state index in [4.69, 9.17) is 11.6 Å². The van der Waals surface area contributed by atoms with Gasteiger partial charge in [-0.1, -0.05) is 24.3 Å². The van der Waals surface area contributed by atoms with E-state index in [9.17, 15) is 8.42 Å². The summed E-state index contributed by atoms with van der Waals surface area (Å²) >= 11 is 5.82. The minimum Gasteiger partial charge on any atom is -0.207 e. The molecule has 0 unspecified atom stereocenters. The molecule has 0 aliphatic heterocycles. The van der Waals surface area contributed by atoms with Gasteiger partial charge in [0.1, 0.15) is 0 Å². The van der Waals surface area contributed by atoms with Crippen LogP contribution in [0.1, 0.15) is 26.3 Å². The Morgan fingerprint density at radius 1 is 1.35 bits per heavy atom. The van der Waals surface area contributed by atoms with E-state index in [2.05, 4.69) is 11.3 Å². The number of hydrogen-bond donors (Lipinski definition) is 1. The van der Waals surface area contributed by atoms with Gasteiger partial charge >= 0.3 is 0 Å². The van der Waals surface area contributed by atoms with Gasteiger partial charge in [0.25, 0.3) is 0 Å². The fourth-order valence-electron chi connectivity index (χ4n) is 1.38. The smallest absolute Gasteiger partial charge is 0.207 e. The third-order valence-electron chi connectivity index (χ3n) is 1.92. The highest BCUT2D eigenvalue weighted by atomic mass is 35.5. The summed E-state index contributed by atoms with van der Waals surface area (Å²) in [6.07, 6.45) is 1.48. The van der Waals surface area contributed by atoms with Crippen LogP contribution in [0, 0.1) is 0 Å². The summed E-state index contributed by atoms with van der Waals surface area (Å²) in [6.45, 7) is 8.95. The van der Waals surface area contributed by atoms with Gasteiger partial charge in [-0.25, -0.2) is 13.1 Å². The molecule has 1 N–H and O–H groups in total. The van der Waals surface area contributed by atoms with Gasteiger partial charge in [0, 0.05) is 10.6 Å². The molecule has 94 valence electrons. The van der Waals surface area contributed by atoms with E-state index in [-0.39, 0.29) is 4.90 Å². The van der Waals surface area contributed by atoms with E-state index in [1.54, 1.807) is 32.9 Å². The normalized spacial score (nSPS) is 12.5. The molecule has 0 radical (unpaired) electrons. The lowest BCUT2D eigenvalue weighted by Crippen LogP contribution is -2.40. The van der Waals surface area contributed by atoms with Crippen molar-refractivity contribution in [2.45, 2.75) is 31.2 Å². The van der Waals surface area contributed by atoms with E-state index in [1.807, 2.05) is 0 Å². The highest BCUT2D eigenvalue weighted by Gasteiger charge is 2.23. The molecule has 0 bridgehead atoms. The third-order valence-corrected chi connectivity index (χ3v) is 3.99. The third kappa shape index (κ3) is 3.84. The number of rotatable bonds is 3. The van der Waals surface area contributed by atoms with Crippen molar-refractivity contribution in [2.24, 2.45) is 0 Å². The number of hydrogen-bond acceptors (Lipinski definition) is 2. The zero-order valence-electron chi connectivity index (χ0n) is 10.1. The van der Waals surface area contributed by atoms with Gasteiger partial charge in [-0.3, -0.25) is 0 Å². The molecule has 0 aliphatic rings. The van der Waals surface area contributed by atoms with Crippen LogP contribution in [0.25, 0.3) is 6.08 Å². The van der Waals surface area contributed by atoms with Crippen LogP contribution in [0.4, 0.5) is 0 Å². The first-order valence-corrected chi connectivity index (χ1v) is 6.98. The lowest BCUT2D eigenvalue weighted by Gasteiger charge is -2.21. The molecule has 0 spiro atoms. The van der Waals surface area contributed by atoms with Crippen LogP contribution in [0.2, 0.25) is 5.02 Å². The van der Waals surface area contributed by atoms with Crippen molar-refractivity contribution in [1.29, 1.82) is 0 Å². The number of sulfonamides is 1. The van der Waals surface area contributed by atoms with Crippen LogP contribution in [0.5, 0.6) is 0 Å². The Bertz CT molecular complexity index is 530. The molecule has 0 fully saturated rings. The van der Waals surface area contributed by atoms with Gasteiger partial charge in [-0.2, -0.15) is 0 Å². The molecule has 1 rings (SSSR count). The summed E-state index contributed by atoms with van der Waals surface area (Å²) in [5.41, 5.74) is -0.0362. The molecule has 0 atom stereocenters. The quantitative estimate of drug-likeness (QED) is 0.920. The molecular weight excluding hydrogens is 258 g/mol. The van der Waals surface area contributed by atoms with Gasteiger partial charge in [-0.05, 0) is 44.5 Å². The second kappa shape index (κ2) is 4.80. The summed E-state index contributed by atoms with van der Waals surface area (Å²) in [5, 5.41) is 0.481. The van der Waals surface area contributed by atoms with Gasteiger partial charge in [0.05, 0.1) is 4.90 Å². The second-order valence-corrected chi connectivity index (χ2v) is 6.83. The molecule has 0 aromatic heterocycles. The Kier molecular flexibility index (Phi) is 4.02. The van der Waals surface area contributed by atoms with Crippen LogP contribution in [0.3, 0.4) is 0 Å². The summed E-state index contributed by atoms with van der Waals surface area (Å²) in [4.78, 5) is 0.187. The van der Waals surface area contributed by atoms with Gasteiger partial charge < -0.3 is 0 Å². The Balaban J connectivity index is 3.29. The first-order valence-electron chi connectivity index (χ1n) is 5.12. The lowest BCUT2D eigenvalue weighted by atomic mass is 10.1. The standard InChI is InChI=1S/C12H16ClNO2S/c1-5-9-8-10(13)6-7-11(9)17(15,16)14-12(2,3)4/h5-8,14H,1H2,2-4H3. The topological polar surface area (TPSA) is 46.2 Å². The van der Waals surface area contributed by atoms with Crippen molar-refractivity contribution in [3.8, 4) is 0 Å². The van der Waals surface area contributed by atoms with Gasteiger partial charge in [0.15, 0.2) is 0 Å². The van der Waals surface area contributed by atoms with E-state index >= 15 is 0 Å². The SMILES string of the molecule is C=Cc1cc(Cl)ccc1S(=O)(=O)NC(C)(C)C. The summed E-state index contributed by atoms with van der Waals surface area (Å²) in [5.74, 6) is 0. The molecule has 0 saturated heterocycles. The lowest BCUT2D eigenvalue weighted by molar-refractivity contribution is 0.491. The van der Waals surface area contributed by atoms with Crippen LogP contribution in [0.15, 0.2) is 29.7 Å². The maximum Gasteiger partial charge on any atom is 0.241 e. The van der Waals surface area contributed by atoms with E-state index in [0.717, 1.165) is 0 Å². The van der Waals surface area contributed by atoms with E-state index < -0.39 is 15.6 Å². The largest absolute Gasteiger partial charge is 0.241 e. The predicted molar refractivity (Wildman–Crippen MR) is 71.6 cm³/mol. The van der Waals surface area contributed by atoms with Crippen molar-refractivity contribution >= 4 is 27.7 Å². The molecule has 0 aliphatic carbocycles. The van der Waals surface area contributed by atoms with Crippen molar-refractivity contribution in [2.75, 3.05) is 0 Å². The van der Waals surface area contributed by atoms with Crippen molar-refractivity contribution in [3.05, 3.63) is 35.4 Å².